The fourth-order valence-corrected chi connectivity index (χ4v) is 1.30. The summed E-state index contributed by atoms with van der Waals surface area (Å²) in [6.07, 6.45) is 0.394. The summed E-state index contributed by atoms with van der Waals surface area (Å²) >= 11 is 0. The number of carboxylic acids is 2. The second-order valence-corrected chi connectivity index (χ2v) is 3.68. The average molecular weight is 286 g/mol. The first-order chi connectivity index (χ1) is 9.29. The van der Waals surface area contributed by atoms with Crippen LogP contribution in [0.2, 0.25) is 0 Å². The van der Waals surface area contributed by atoms with Gasteiger partial charge in [0.1, 0.15) is 12.6 Å². The number of rotatable bonds is 7. The molecule has 11 heteroatoms. The van der Waals surface area contributed by atoms with Crippen LogP contribution >= 0.6 is 0 Å². The van der Waals surface area contributed by atoms with E-state index in [1.807, 2.05) is 5.32 Å². The third-order valence-electron chi connectivity index (χ3n) is 2.13. The Morgan fingerprint density at radius 3 is 2.55 bits per heavy atom. The third-order valence-corrected chi connectivity index (χ3v) is 2.13. The van der Waals surface area contributed by atoms with E-state index < -0.39 is 47.6 Å². The van der Waals surface area contributed by atoms with Crippen molar-refractivity contribution >= 4 is 23.7 Å². The first-order valence-electron chi connectivity index (χ1n) is 5.21. The maximum atomic E-state index is 11.5. The molecule has 11 nitrogen and oxygen atoms in total. The van der Waals surface area contributed by atoms with E-state index in [2.05, 4.69) is 5.10 Å². The summed E-state index contributed by atoms with van der Waals surface area (Å²) in [4.78, 5) is 42.3. The quantitative estimate of drug-likeness (QED) is 0.416. The highest BCUT2D eigenvalue weighted by atomic mass is 16.6. The van der Waals surface area contributed by atoms with Gasteiger partial charge in [-0.3, -0.25) is 9.59 Å². The first-order valence-corrected chi connectivity index (χ1v) is 5.21. The molecule has 0 aromatic carbocycles. The molecule has 0 aliphatic heterocycles. The van der Waals surface area contributed by atoms with Gasteiger partial charge in [-0.1, -0.05) is 0 Å². The maximum Gasteiger partial charge on any atom is 0.389 e. The molecule has 1 amide bonds. The number of hydrogen-bond acceptors (Lipinski definition) is 6. The first kappa shape index (κ1) is 15.1. The molecule has 0 aliphatic carbocycles. The Labute approximate surface area is 111 Å². The van der Waals surface area contributed by atoms with E-state index in [4.69, 9.17) is 10.2 Å². The number of carbonyl (C=O) groups excluding carboxylic acids is 1. The van der Waals surface area contributed by atoms with Gasteiger partial charge >= 0.3 is 17.8 Å². The minimum Gasteiger partial charge on any atom is -0.481 e. The lowest BCUT2D eigenvalue weighted by molar-refractivity contribution is -0.389. The number of amides is 1. The SMILES string of the molecule is O=C(O)CC(NC(=O)Cn1ccc([N+](=O)[O-])n1)C(=O)O. The summed E-state index contributed by atoms with van der Waals surface area (Å²) in [5, 5.41) is 33.0. The van der Waals surface area contributed by atoms with E-state index in [-0.39, 0.29) is 0 Å². The van der Waals surface area contributed by atoms with Crippen molar-refractivity contribution in [2.24, 2.45) is 0 Å². The van der Waals surface area contributed by atoms with Gasteiger partial charge in [-0.05, 0) is 4.92 Å². The number of nitrogens with zero attached hydrogens (tertiary/aromatic N) is 3. The van der Waals surface area contributed by atoms with Crippen LogP contribution in [0.4, 0.5) is 5.82 Å². The summed E-state index contributed by atoms with van der Waals surface area (Å²) in [5.41, 5.74) is 0. The van der Waals surface area contributed by atoms with Crippen LogP contribution in [0, 0.1) is 10.1 Å². The normalized spacial score (nSPS) is 11.6. The number of nitrogens with one attached hydrogen (secondary N) is 1. The second-order valence-electron chi connectivity index (χ2n) is 3.68. The van der Waals surface area contributed by atoms with Crippen molar-refractivity contribution in [2.45, 2.75) is 19.0 Å². The molecule has 0 saturated carbocycles. The van der Waals surface area contributed by atoms with Crippen LogP contribution in [0.1, 0.15) is 6.42 Å². The largest absolute Gasteiger partial charge is 0.481 e. The van der Waals surface area contributed by atoms with E-state index in [0.29, 0.717) is 0 Å². The van der Waals surface area contributed by atoms with Crippen LogP contribution in [-0.4, -0.2) is 48.8 Å². The number of carboxylic acid groups (broad SMARTS) is 2. The Kier molecular flexibility index (Phi) is 4.72. The van der Waals surface area contributed by atoms with Crippen LogP contribution in [0.3, 0.4) is 0 Å². The van der Waals surface area contributed by atoms with Gasteiger partial charge in [0.15, 0.2) is 0 Å². The molecule has 0 bridgehead atoms. The number of aliphatic carboxylic acids is 2. The zero-order valence-corrected chi connectivity index (χ0v) is 9.92. The zero-order chi connectivity index (χ0) is 15.3. The van der Waals surface area contributed by atoms with E-state index in [1.54, 1.807) is 0 Å². The molecule has 1 aromatic heterocycles. The van der Waals surface area contributed by atoms with Gasteiger partial charge in [-0.15, -0.1) is 0 Å². The highest BCUT2D eigenvalue weighted by Crippen LogP contribution is 2.05. The lowest BCUT2D eigenvalue weighted by Gasteiger charge is -2.11. The second kappa shape index (κ2) is 6.26. The van der Waals surface area contributed by atoms with Crippen LogP contribution in [0.15, 0.2) is 12.3 Å². The fourth-order valence-electron chi connectivity index (χ4n) is 1.30. The zero-order valence-electron chi connectivity index (χ0n) is 9.92. The van der Waals surface area contributed by atoms with Gasteiger partial charge in [-0.2, -0.15) is 4.68 Å². The fraction of sp³-hybridized carbons (Fsp3) is 0.333. The monoisotopic (exact) mass is 286 g/mol. The predicted molar refractivity (Wildman–Crippen MR) is 60.7 cm³/mol. The van der Waals surface area contributed by atoms with Crippen LogP contribution in [0.25, 0.3) is 0 Å². The minimum absolute atomic E-state index is 0.460. The lowest BCUT2D eigenvalue weighted by atomic mass is 10.2. The highest BCUT2D eigenvalue weighted by molar-refractivity contribution is 5.86. The molecule has 1 heterocycles. The van der Waals surface area contributed by atoms with Gasteiger partial charge in [0, 0.05) is 0 Å². The van der Waals surface area contributed by atoms with Gasteiger partial charge in [0.05, 0.1) is 23.8 Å². The molecule has 0 spiro atoms. The van der Waals surface area contributed by atoms with Gasteiger partial charge in [-0.25, -0.2) is 4.79 Å². The van der Waals surface area contributed by atoms with Crippen LogP contribution in [0.5, 0.6) is 0 Å². The number of carbonyl (C=O) groups is 3. The van der Waals surface area contributed by atoms with Crippen molar-refractivity contribution in [3.05, 3.63) is 22.4 Å². The molecular weight excluding hydrogens is 276 g/mol. The molecule has 108 valence electrons. The van der Waals surface area contributed by atoms with Crippen molar-refractivity contribution in [2.75, 3.05) is 0 Å². The Bertz CT molecular complexity index is 552. The minimum atomic E-state index is -1.58. The smallest absolute Gasteiger partial charge is 0.389 e. The molecule has 0 aliphatic rings. The Balaban J connectivity index is 2.62. The molecule has 1 atom stereocenters. The van der Waals surface area contributed by atoms with E-state index >= 15 is 0 Å². The predicted octanol–water partition coefficient (Wildman–Crippen LogP) is -1.16. The molecule has 0 radical (unpaired) electrons. The molecule has 20 heavy (non-hydrogen) atoms. The summed E-state index contributed by atoms with van der Waals surface area (Å²) < 4.78 is 0.938. The van der Waals surface area contributed by atoms with Gasteiger partial charge in [0.25, 0.3) is 0 Å². The summed E-state index contributed by atoms with van der Waals surface area (Å²) in [5.74, 6) is -4.16. The van der Waals surface area contributed by atoms with Crippen LogP contribution < -0.4 is 5.32 Å². The topological polar surface area (TPSA) is 165 Å². The van der Waals surface area contributed by atoms with Gasteiger partial charge < -0.3 is 25.6 Å². The highest BCUT2D eigenvalue weighted by Gasteiger charge is 2.23. The van der Waals surface area contributed by atoms with E-state index in [9.17, 15) is 24.5 Å². The molecule has 3 N–H and O–H groups in total. The summed E-state index contributed by atoms with van der Waals surface area (Å²) in [6, 6.07) is -0.510. The number of aromatic nitrogens is 2. The van der Waals surface area contributed by atoms with E-state index in [0.717, 1.165) is 10.7 Å². The molecule has 1 aromatic rings. The molecule has 0 saturated heterocycles. The lowest BCUT2D eigenvalue weighted by Crippen LogP contribution is -2.43. The van der Waals surface area contributed by atoms with Crippen molar-refractivity contribution in [3.8, 4) is 0 Å². The Morgan fingerprint density at radius 2 is 2.10 bits per heavy atom. The molecule has 1 unspecified atom stereocenters. The Morgan fingerprint density at radius 1 is 1.45 bits per heavy atom. The average Bonchev–Trinajstić information content (AvgIpc) is 2.75. The standard InChI is InChI=1S/C9H10N4O7/c14-7(10-5(9(17)18)3-8(15)16)4-12-2-1-6(11-12)13(19)20/h1-2,5H,3-4H2,(H,10,14)(H,15,16)(H,17,18). The molecule has 0 fully saturated rings. The summed E-state index contributed by atoms with van der Waals surface area (Å²) in [6.45, 7) is -0.461. The molecular formula is C9H10N4O7. The van der Waals surface area contributed by atoms with E-state index in [1.165, 1.54) is 6.20 Å². The maximum absolute atomic E-state index is 11.5. The molecule has 1 rings (SSSR count). The Hall–Kier alpha value is -2.98. The number of nitro groups is 1. The van der Waals surface area contributed by atoms with Crippen molar-refractivity contribution in [1.29, 1.82) is 0 Å². The van der Waals surface area contributed by atoms with Crippen LogP contribution in [-0.2, 0) is 20.9 Å². The van der Waals surface area contributed by atoms with Crippen molar-refractivity contribution in [1.82, 2.24) is 15.1 Å². The van der Waals surface area contributed by atoms with Gasteiger partial charge in [0.2, 0.25) is 5.91 Å². The van der Waals surface area contributed by atoms with Crippen molar-refractivity contribution in [3.63, 3.8) is 0 Å². The third kappa shape index (κ3) is 4.36. The summed E-state index contributed by atoms with van der Waals surface area (Å²) in [7, 11) is 0. The van der Waals surface area contributed by atoms with Crippen molar-refractivity contribution < 1.29 is 29.5 Å². The number of hydrogen-bond donors (Lipinski definition) is 3.